The van der Waals surface area contributed by atoms with Crippen LogP contribution in [0.15, 0.2) is 18.2 Å². The lowest BCUT2D eigenvalue weighted by atomic mass is 10.2. The number of nitrogens with zero attached hydrogens (tertiary/aromatic N) is 3. The van der Waals surface area contributed by atoms with Crippen molar-refractivity contribution in [1.29, 1.82) is 0 Å². The molecule has 0 radical (unpaired) electrons. The summed E-state index contributed by atoms with van der Waals surface area (Å²) in [7, 11) is 3.63. The molecule has 0 saturated carbocycles. The lowest BCUT2D eigenvalue weighted by Gasteiger charge is -2.04. The van der Waals surface area contributed by atoms with Gasteiger partial charge in [0.05, 0.1) is 5.69 Å². The maximum absolute atomic E-state index is 9.33. The van der Waals surface area contributed by atoms with Crippen LogP contribution in [0.1, 0.15) is 0 Å². The second-order valence-electron chi connectivity index (χ2n) is 3.43. The SMILES string of the molecule is CNc1nnc(-c2ccc(O)c(N)c2)n1C. The van der Waals surface area contributed by atoms with Gasteiger partial charge >= 0.3 is 0 Å². The molecule has 84 valence electrons. The van der Waals surface area contributed by atoms with Crippen molar-refractivity contribution in [3.05, 3.63) is 18.2 Å². The van der Waals surface area contributed by atoms with E-state index >= 15 is 0 Å². The van der Waals surface area contributed by atoms with Crippen LogP contribution in [0.4, 0.5) is 11.6 Å². The Kier molecular flexibility index (Phi) is 2.40. The van der Waals surface area contributed by atoms with Crippen molar-refractivity contribution in [2.45, 2.75) is 0 Å². The van der Waals surface area contributed by atoms with Crippen LogP contribution in [0.5, 0.6) is 5.75 Å². The van der Waals surface area contributed by atoms with Crippen LogP contribution in [0.2, 0.25) is 0 Å². The van der Waals surface area contributed by atoms with Crippen LogP contribution in [0.25, 0.3) is 11.4 Å². The van der Waals surface area contributed by atoms with Gasteiger partial charge in [-0.05, 0) is 18.2 Å². The minimum atomic E-state index is 0.0692. The number of nitrogens with two attached hydrogens (primary N) is 1. The number of nitrogens with one attached hydrogen (secondary N) is 1. The van der Waals surface area contributed by atoms with Gasteiger partial charge in [-0.2, -0.15) is 0 Å². The van der Waals surface area contributed by atoms with E-state index in [4.69, 9.17) is 5.73 Å². The molecule has 1 aromatic heterocycles. The fourth-order valence-corrected chi connectivity index (χ4v) is 1.49. The Bertz CT molecular complexity index is 520. The largest absolute Gasteiger partial charge is 0.506 e. The van der Waals surface area contributed by atoms with Gasteiger partial charge < -0.3 is 16.2 Å². The Morgan fingerprint density at radius 3 is 2.69 bits per heavy atom. The third-order valence-corrected chi connectivity index (χ3v) is 2.38. The molecule has 0 aliphatic rings. The summed E-state index contributed by atoms with van der Waals surface area (Å²) in [5.74, 6) is 1.43. The molecule has 0 saturated heterocycles. The summed E-state index contributed by atoms with van der Waals surface area (Å²) in [6, 6.07) is 4.95. The molecule has 1 aromatic carbocycles. The quantitative estimate of drug-likeness (QED) is 0.514. The normalized spacial score (nSPS) is 10.4. The first kappa shape index (κ1) is 10.3. The van der Waals surface area contributed by atoms with Crippen LogP contribution in [-0.2, 0) is 7.05 Å². The zero-order valence-electron chi connectivity index (χ0n) is 9.10. The average molecular weight is 219 g/mol. The Labute approximate surface area is 92.7 Å². The Morgan fingerprint density at radius 2 is 2.12 bits per heavy atom. The molecule has 0 unspecified atom stereocenters. The monoisotopic (exact) mass is 219 g/mol. The van der Waals surface area contributed by atoms with E-state index in [-0.39, 0.29) is 5.75 Å². The third kappa shape index (κ3) is 1.54. The van der Waals surface area contributed by atoms with Crippen molar-refractivity contribution in [2.75, 3.05) is 18.1 Å². The number of rotatable bonds is 2. The minimum absolute atomic E-state index is 0.0692. The lowest BCUT2D eigenvalue weighted by molar-refractivity contribution is 0.478. The highest BCUT2D eigenvalue weighted by Gasteiger charge is 2.10. The first-order chi connectivity index (χ1) is 7.63. The van der Waals surface area contributed by atoms with E-state index in [0.717, 1.165) is 5.56 Å². The predicted molar refractivity (Wildman–Crippen MR) is 62.1 cm³/mol. The van der Waals surface area contributed by atoms with E-state index in [1.54, 1.807) is 25.2 Å². The highest BCUT2D eigenvalue weighted by molar-refractivity contribution is 5.66. The summed E-state index contributed by atoms with van der Waals surface area (Å²) in [6.45, 7) is 0. The van der Waals surface area contributed by atoms with E-state index in [9.17, 15) is 5.11 Å². The first-order valence-corrected chi connectivity index (χ1v) is 4.79. The molecule has 0 aliphatic carbocycles. The maximum Gasteiger partial charge on any atom is 0.224 e. The summed E-state index contributed by atoms with van der Waals surface area (Å²) in [6.07, 6.45) is 0. The third-order valence-electron chi connectivity index (χ3n) is 2.38. The molecule has 2 rings (SSSR count). The zero-order valence-corrected chi connectivity index (χ0v) is 9.10. The highest BCUT2D eigenvalue weighted by atomic mass is 16.3. The molecule has 0 bridgehead atoms. The van der Waals surface area contributed by atoms with Crippen LogP contribution in [0.3, 0.4) is 0 Å². The topological polar surface area (TPSA) is 89.0 Å². The number of phenols is 1. The molecule has 6 heteroatoms. The van der Waals surface area contributed by atoms with Gasteiger partial charge in [-0.1, -0.05) is 0 Å². The fourth-order valence-electron chi connectivity index (χ4n) is 1.49. The molecule has 2 aromatic rings. The smallest absolute Gasteiger partial charge is 0.224 e. The van der Waals surface area contributed by atoms with Gasteiger partial charge in [0.15, 0.2) is 5.82 Å². The summed E-state index contributed by atoms with van der Waals surface area (Å²) in [5.41, 5.74) is 6.76. The summed E-state index contributed by atoms with van der Waals surface area (Å²) >= 11 is 0. The molecule has 4 N–H and O–H groups in total. The van der Waals surface area contributed by atoms with Crippen molar-refractivity contribution >= 4 is 11.6 Å². The standard InChI is InChI=1S/C10H13N5O/c1-12-10-14-13-9(15(10)2)6-3-4-8(16)7(11)5-6/h3-5,16H,11H2,1-2H3,(H,12,14). The fraction of sp³-hybridized carbons (Fsp3) is 0.200. The Morgan fingerprint density at radius 1 is 1.38 bits per heavy atom. The van der Waals surface area contributed by atoms with Crippen LogP contribution >= 0.6 is 0 Å². The van der Waals surface area contributed by atoms with Gasteiger partial charge in [-0.25, -0.2) is 0 Å². The maximum atomic E-state index is 9.33. The first-order valence-electron chi connectivity index (χ1n) is 4.79. The average Bonchev–Trinajstić information content (AvgIpc) is 2.64. The molecule has 1 heterocycles. The molecule has 0 atom stereocenters. The van der Waals surface area contributed by atoms with Crippen molar-refractivity contribution < 1.29 is 5.11 Å². The molecule has 0 fully saturated rings. The van der Waals surface area contributed by atoms with Crippen LogP contribution in [-0.4, -0.2) is 26.9 Å². The van der Waals surface area contributed by atoms with E-state index in [1.165, 1.54) is 0 Å². The van der Waals surface area contributed by atoms with Gasteiger partial charge in [0.25, 0.3) is 0 Å². The van der Waals surface area contributed by atoms with Crippen molar-refractivity contribution in [3.63, 3.8) is 0 Å². The number of nitrogen functional groups attached to an aromatic ring is 1. The highest BCUT2D eigenvalue weighted by Crippen LogP contribution is 2.26. The van der Waals surface area contributed by atoms with E-state index < -0.39 is 0 Å². The number of phenolic OH excluding ortho intramolecular Hbond substituents is 1. The van der Waals surface area contributed by atoms with Crippen LogP contribution < -0.4 is 11.1 Å². The van der Waals surface area contributed by atoms with Crippen molar-refractivity contribution in [1.82, 2.24) is 14.8 Å². The van der Waals surface area contributed by atoms with Crippen molar-refractivity contribution in [3.8, 4) is 17.1 Å². The Balaban J connectivity index is 2.50. The number of aromatic nitrogens is 3. The molecule has 0 amide bonds. The van der Waals surface area contributed by atoms with Gasteiger partial charge in [-0.3, -0.25) is 4.57 Å². The molecule has 6 nitrogen and oxygen atoms in total. The molecular formula is C10H13N5O. The van der Waals surface area contributed by atoms with Crippen molar-refractivity contribution in [2.24, 2.45) is 7.05 Å². The van der Waals surface area contributed by atoms with Gasteiger partial charge in [0.2, 0.25) is 5.95 Å². The Hall–Kier alpha value is -2.24. The number of hydrogen-bond donors (Lipinski definition) is 3. The van der Waals surface area contributed by atoms with E-state index in [2.05, 4.69) is 15.5 Å². The molecular weight excluding hydrogens is 206 g/mol. The summed E-state index contributed by atoms with van der Waals surface area (Å²) < 4.78 is 1.81. The number of anilines is 2. The predicted octanol–water partition coefficient (Wildman–Crippen LogP) is 0.812. The number of hydrogen-bond acceptors (Lipinski definition) is 5. The zero-order chi connectivity index (χ0) is 11.7. The summed E-state index contributed by atoms with van der Waals surface area (Å²) in [4.78, 5) is 0. The van der Waals surface area contributed by atoms with Crippen LogP contribution in [0, 0.1) is 0 Å². The van der Waals surface area contributed by atoms with E-state index in [0.29, 0.717) is 17.5 Å². The van der Waals surface area contributed by atoms with E-state index in [1.807, 2.05) is 11.6 Å². The van der Waals surface area contributed by atoms with Gasteiger partial charge in [0.1, 0.15) is 5.75 Å². The minimum Gasteiger partial charge on any atom is -0.506 e. The lowest BCUT2D eigenvalue weighted by Crippen LogP contribution is -2.00. The van der Waals surface area contributed by atoms with Gasteiger partial charge in [-0.15, -0.1) is 10.2 Å². The number of benzene rings is 1. The second kappa shape index (κ2) is 3.73. The number of aromatic hydroxyl groups is 1. The van der Waals surface area contributed by atoms with Gasteiger partial charge in [0, 0.05) is 19.7 Å². The molecule has 0 aliphatic heterocycles. The molecule has 0 spiro atoms. The summed E-state index contributed by atoms with van der Waals surface area (Å²) in [5, 5.41) is 20.3. The second-order valence-corrected chi connectivity index (χ2v) is 3.43. The molecule has 16 heavy (non-hydrogen) atoms.